The van der Waals surface area contributed by atoms with Crippen molar-refractivity contribution in [1.82, 2.24) is 4.90 Å². The Morgan fingerprint density at radius 2 is 1.71 bits per heavy atom. The van der Waals surface area contributed by atoms with Crippen molar-refractivity contribution in [3.63, 3.8) is 0 Å². The van der Waals surface area contributed by atoms with Crippen molar-refractivity contribution in [2.24, 2.45) is 0 Å². The number of hydrogen-bond donors (Lipinski definition) is 1. The first-order valence-corrected chi connectivity index (χ1v) is 10.5. The first kappa shape index (κ1) is 21.1. The van der Waals surface area contributed by atoms with Gasteiger partial charge in [-0.1, -0.05) is 42.8 Å². The van der Waals surface area contributed by atoms with E-state index in [-0.39, 0.29) is 5.92 Å². The molecule has 1 aliphatic rings. The highest BCUT2D eigenvalue weighted by atomic mass is 35.5. The predicted molar refractivity (Wildman–Crippen MR) is 113 cm³/mol. The van der Waals surface area contributed by atoms with E-state index in [0.717, 1.165) is 49.7 Å². The Morgan fingerprint density at radius 1 is 1.07 bits per heavy atom. The molecule has 152 valence electrons. The van der Waals surface area contributed by atoms with Crippen LogP contribution in [0.25, 0.3) is 0 Å². The Labute approximate surface area is 173 Å². The summed E-state index contributed by atoms with van der Waals surface area (Å²) in [6.07, 6.45) is 0.610. The van der Waals surface area contributed by atoms with Crippen molar-refractivity contribution in [2.75, 3.05) is 39.5 Å². The van der Waals surface area contributed by atoms with Crippen LogP contribution in [0.2, 0.25) is 5.02 Å². The highest BCUT2D eigenvalue weighted by molar-refractivity contribution is 6.30. The summed E-state index contributed by atoms with van der Waals surface area (Å²) in [4.78, 5) is 2.37. The topological polar surface area (TPSA) is 41.9 Å². The van der Waals surface area contributed by atoms with Crippen molar-refractivity contribution in [1.29, 1.82) is 0 Å². The van der Waals surface area contributed by atoms with Gasteiger partial charge in [-0.2, -0.15) is 0 Å². The average Bonchev–Trinajstić information content (AvgIpc) is 2.74. The van der Waals surface area contributed by atoms with E-state index in [1.54, 1.807) is 0 Å². The summed E-state index contributed by atoms with van der Waals surface area (Å²) < 4.78 is 11.1. The molecule has 2 atom stereocenters. The summed E-state index contributed by atoms with van der Waals surface area (Å²) >= 11 is 6.12. The summed E-state index contributed by atoms with van der Waals surface area (Å²) in [6, 6.07) is 15.7. The Balaban J connectivity index is 1.95. The van der Waals surface area contributed by atoms with Gasteiger partial charge in [-0.3, -0.25) is 4.90 Å². The standard InChI is InChI=1S/C23H30ClNO3/c1-3-23(26,19-7-11-21(12-8-19)28-4-2)22(17-25-13-15-27-16-14-25)18-5-9-20(24)10-6-18/h5-12,22,26H,3-4,13-17H2,1-2H3/t22-,23-/m1/s1. The first-order valence-electron chi connectivity index (χ1n) is 10.1. The van der Waals surface area contributed by atoms with Crippen LogP contribution in [0.15, 0.2) is 48.5 Å². The lowest BCUT2D eigenvalue weighted by atomic mass is 9.75. The quantitative estimate of drug-likeness (QED) is 0.706. The van der Waals surface area contributed by atoms with Crippen LogP contribution in [0.4, 0.5) is 0 Å². The molecule has 0 aromatic heterocycles. The molecule has 4 nitrogen and oxygen atoms in total. The lowest BCUT2D eigenvalue weighted by Gasteiger charge is -2.40. The van der Waals surface area contributed by atoms with Gasteiger partial charge in [0.05, 0.1) is 25.4 Å². The molecule has 2 aromatic rings. The molecule has 28 heavy (non-hydrogen) atoms. The fourth-order valence-electron chi connectivity index (χ4n) is 3.93. The van der Waals surface area contributed by atoms with Crippen molar-refractivity contribution in [3.05, 3.63) is 64.7 Å². The van der Waals surface area contributed by atoms with Gasteiger partial charge >= 0.3 is 0 Å². The summed E-state index contributed by atoms with van der Waals surface area (Å²) in [5.41, 5.74) is 1.01. The van der Waals surface area contributed by atoms with E-state index in [0.29, 0.717) is 18.1 Å². The molecule has 0 spiro atoms. The molecule has 1 aliphatic heterocycles. The monoisotopic (exact) mass is 403 g/mol. The molecule has 1 fully saturated rings. The van der Waals surface area contributed by atoms with Crippen molar-refractivity contribution < 1.29 is 14.6 Å². The van der Waals surface area contributed by atoms with Crippen LogP contribution in [0.3, 0.4) is 0 Å². The van der Waals surface area contributed by atoms with E-state index in [1.807, 2.05) is 62.4 Å². The van der Waals surface area contributed by atoms with Crippen molar-refractivity contribution in [3.8, 4) is 5.75 Å². The van der Waals surface area contributed by atoms with E-state index < -0.39 is 5.60 Å². The molecular weight excluding hydrogens is 374 g/mol. The van der Waals surface area contributed by atoms with Crippen LogP contribution >= 0.6 is 11.6 Å². The third kappa shape index (κ3) is 4.87. The van der Waals surface area contributed by atoms with Crippen LogP contribution in [0.1, 0.15) is 37.3 Å². The molecule has 0 radical (unpaired) electrons. The number of halogens is 1. The molecule has 0 aliphatic carbocycles. The number of hydrogen-bond acceptors (Lipinski definition) is 4. The van der Waals surface area contributed by atoms with Crippen LogP contribution in [0, 0.1) is 0 Å². The third-order valence-corrected chi connectivity index (χ3v) is 5.85. The van der Waals surface area contributed by atoms with Crippen LogP contribution in [0.5, 0.6) is 5.75 Å². The highest BCUT2D eigenvalue weighted by Gasteiger charge is 2.39. The van der Waals surface area contributed by atoms with Gasteiger partial charge in [0.15, 0.2) is 0 Å². The Morgan fingerprint density at radius 3 is 2.29 bits per heavy atom. The van der Waals surface area contributed by atoms with Gasteiger partial charge < -0.3 is 14.6 Å². The molecule has 1 N–H and O–H groups in total. The van der Waals surface area contributed by atoms with E-state index in [4.69, 9.17) is 21.1 Å². The predicted octanol–water partition coefficient (Wildman–Crippen LogP) is 4.45. The normalized spacial score (nSPS) is 18.4. The van der Waals surface area contributed by atoms with Gasteiger partial charge in [0.2, 0.25) is 0 Å². The van der Waals surface area contributed by atoms with E-state index in [2.05, 4.69) is 4.90 Å². The minimum Gasteiger partial charge on any atom is -0.494 e. The molecule has 1 heterocycles. The zero-order chi connectivity index (χ0) is 20.0. The first-order chi connectivity index (χ1) is 13.6. The summed E-state index contributed by atoms with van der Waals surface area (Å²) in [6.45, 7) is 8.64. The third-order valence-electron chi connectivity index (χ3n) is 5.60. The average molecular weight is 404 g/mol. The Bertz CT molecular complexity index is 729. The zero-order valence-corrected chi connectivity index (χ0v) is 17.5. The molecular formula is C23H30ClNO3. The largest absolute Gasteiger partial charge is 0.494 e. The minimum atomic E-state index is -0.989. The molecule has 1 saturated heterocycles. The van der Waals surface area contributed by atoms with Crippen LogP contribution < -0.4 is 4.74 Å². The molecule has 0 unspecified atom stereocenters. The highest BCUT2D eigenvalue weighted by Crippen LogP contribution is 2.41. The second-order valence-corrected chi connectivity index (χ2v) is 7.69. The number of nitrogens with zero attached hydrogens (tertiary/aromatic N) is 1. The van der Waals surface area contributed by atoms with E-state index in [9.17, 15) is 5.11 Å². The maximum atomic E-state index is 11.9. The number of rotatable bonds is 8. The molecule has 0 bridgehead atoms. The maximum absolute atomic E-state index is 11.9. The van der Waals surface area contributed by atoms with E-state index in [1.165, 1.54) is 0 Å². The molecule has 0 saturated carbocycles. The maximum Gasteiger partial charge on any atom is 0.119 e. The van der Waals surface area contributed by atoms with Gasteiger partial charge in [0.25, 0.3) is 0 Å². The van der Waals surface area contributed by atoms with Crippen molar-refractivity contribution in [2.45, 2.75) is 31.8 Å². The van der Waals surface area contributed by atoms with Crippen molar-refractivity contribution >= 4 is 11.6 Å². The lowest BCUT2D eigenvalue weighted by Crippen LogP contribution is -2.44. The Kier molecular flexibility index (Phi) is 7.36. The zero-order valence-electron chi connectivity index (χ0n) is 16.7. The van der Waals surface area contributed by atoms with Gasteiger partial charge in [0.1, 0.15) is 5.75 Å². The number of ether oxygens (including phenoxy) is 2. The minimum absolute atomic E-state index is 0.0780. The summed E-state index contributed by atoms with van der Waals surface area (Å²) in [7, 11) is 0. The van der Waals surface area contributed by atoms with Gasteiger partial charge in [-0.05, 0) is 48.7 Å². The second kappa shape index (κ2) is 9.75. The molecule has 3 rings (SSSR count). The summed E-state index contributed by atoms with van der Waals surface area (Å²) in [5.74, 6) is 0.742. The second-order valence-electron chi connectivity index (χ2n) is 7.25. The molecule has 2 aromatic carbocycles. The Hall–Kier alpha value is -1.59. The SMILES string of the molecule is CCOc1ccc([C@](O)(CC)[C@H](CN2CCOCC2)c2ccc(Cl)cc2)cc1. The number of aliphatic hydroxyl groups is 1. The number of morpholine rings is 1. The smallest absolute Gasteiger partial charge is 0.119 e. The van der Waals surface area contributed by atoms with Crippen LogP contribution in [-0.2, 0) is 10.3 Å². The van der Waals surface area contributed by atoms with Gasteiger partial charge in [0, 0.05) is 30.6 Å². The lowest BCUT2D eigenvalue weighted by molar-refractivity contribution is -0.0250. The van der Waals surface area contributed by atoms with Gasteiger partial charge in [-0.15, -0.1) is 0 Å². The fourth-order valence-corrected chi connectivity index (χ4v) is 4.05. The molecule has 0 amide bonds. The van der Waals surface area contributed by atoms with Gasteiger partial charge in [-0.25, -0.2) is 0 Å². The summed E-state index contributed by atoms with van der Waals surface area (Å²) in [5, 5.41) is 12.6. The van der Waals surface area contributed by atoms with E-state index >= 15 is 0 Å². The van der Waals surface area contributed by atoms with Crippen LogP contribution in [-0.4, -0.2) is 49.5 Å². The fraction of sp³-hybridized carbons (Fsp3) is 0.478. The molecule has 5 heteroatoms. The number of benzene rings is 2.